The van der Waals surface area contributed by atoms with Crippen molar-refractivity contribution in [1.29, 1.82) is 0 Å². The van der Waals surface area contributed by atoms with Crippen molar-refractivity contribution < 1.29 is 23.8 Å². The number of rotatable bonds is 5. The molecule has 2 heterocycles. The molecular weight excluding hydrogens is 379 g/mol. The highest BCUT2D eigenvalue weighted by molar-refractivity contribution is 5.94. The van der Waals surface area contributed by atoms with Gasteiger partial charge in [-0.3, -0.25) is 9.59 Å². The van der Waals surface area contributed by atoms with Gasteiger partial charge < -0.3 is 24.5 Å². The largest absolute Gasteiger partial charge is 0.486 e. The Hall–Kier alpha value is -3.39. The first-order chi connectivity index (χ1) is 14.0. The van der Waals surface area contributed by atoms with Gasteiger partial charge in [0.25, 0.3) is 11.5 Å². The van der Waals surface area contributed by atoms with Crippen LogP contribution in [0.3, 0.4) is 0 Å². The fraction of sp³-hybridized carbons (Fsp3) is 0.238. The van der Waals surface area contributed by atoms with Gasteiger partial charge in [0.15, 0.2) is 11.5 Å². The summed E-state index contributed by atoms with van der Waals surface area (Å²) in [5.74, 6) is 0.313. The Labute approximate surface area is 165 Å². The predicted octanol–water partition coefficient (Wildman–Crippen LogP) is 2.07. The van der Waals surface area contributed by atoms with Crippen molar-refractivity contribution in [3.05, 3.63) is 69.8 Å². The van der Waals surface area contributed by atoms with Gasteiger partial charge in [0.2, 0.25) is 0 Å². The number of carbonyl (C=O) groups is 1. The highest BCUT2D eigenvalue weighted by Gasteiger charge is 2.19. The van der Waals surface area contributed by atoms with Crippen LogP contribution < -0.4 is 15.0 Å². The summed E-state index contributed by atoms with van der Waals surface area (Å²) >= 11 is 0. The molecule has 7 nitrogen and oxygen atoms in total. The number of hydrogen-bond donors (Lipinski definition) is 2. The Morgan fingerprint density at radius 1 is 1.10 bits per heavy atom. The molecule has 1 aliphatic rings. The van der Waals surface area contributed by atoms with Crippen molar-refractivity contribution in [2.24, 2.45) is 0 Å². The lowest BCUT2D eigenvalue weighted by Gasteiger charge is -2.22. The van der Waals surface area contributed by atoms with Crippen molar-refractivity contribution >= 4 is 16.8 Å². The van der Waals surface area contributed by atoms with Gasteiger partial charge in [-0.1, -0.05) is 0 Å². The van der Waals surface area contributed by atoms with Crippen LogP contribution in [0.25, 0.3) is 10.9 Å². The standard InChI is InChI=1S/C21H19FN2O5/c22-16-3-1-13(2-4-16)21(27)24(5-6-25)12-15-9-14-10-18-19(29-8-7-28-18)11-17(14)23-20(15)26/h1-4,9-11,25H,5-8,12H2,(H,23,26). The number of aromatic amines is 1. The van der Waals surface area contributed by atoms with Crippen LogP contribution in [-0.4, -0.2) is 47.3 Å². The summed E-state index contributed by atoms with van der Waals surface area (Å²) in [6, 6.07) is 10.3. The van der Waals surface area contributed by atoms with Crippen molar-refractivity contribution in [2.75, 3.05) is 26.4 Å². The molecule has 29 heavy (non-hydrogen) atoms. The third-order valence-corrected chi connectivity index (χ3v) is 4.69. The summed E-state index contributed by atoms with van der Waals surface area (Å²) in [5.41, 5.74) is 0.889. The molecule has 0 radical (unpaired) electrons. The minimum Gasteiger partial charge on any atom is -0.486 e. The van der Waals surface area contributed by atoms with E-state index in [4.69, 9.17) is 9.47 Å². The highest BCUT2D eigenvalue weighted by Crippen LogP contribution is 2.33. The lowest BCUT2D eigenvalue weighted by atomic mass is 10.1. The van der Waals surface area contributed by atoms with E-state index in [2.05, 4.69) is 4.98 Å². The van der Waals surface area contributed by atoms with Crippen molar-refractivity contribution in [3.8, 4) is 11.5 Å². The van der Waals surface area contributed by atoms with Crippen LogP contribution in [0, 0.1) is 5.82 Å². The number of nitrogens with zero attached hydrogens (tertiary/aromatic N) is 1. The number of aliphatic hydroxyl groups is 1. The molecule has 4 rings (SSSR count). The Morgan fingerprint density at radius 3 is 2.48 bits per heavy atom. The van der Waals surface area contributed by atoms with E-state index >= 15 is 0 Å². The SMILES string of the molecule is O=C(c1ccc(F)cc1)N(CCO)Cc1cc2cc3c(cc2[nH]c1=O)OCCO3. The molecule has 2 aromatic carbocycles. The number of hydrogen-bond acceptors (Lipinski definition) is 5. The lowest BCUT2D eigenvalue weighted by molar-refractivity contribution is 0.0707. The van der Waals surface area contributed by atoms with E-state index in [1.54, 1.807) is 18.2 Å². The van der Waals surface area contributed by atoms with E-state index in [-0.39, 0.29) is 30.8 Å². The zero-order valence-electron chi connectivity index (χ0n) is 15.5. The zero-order valence-corrected chi connectivity index (χ0v) is 15.5. The van der Waals surface area contributed by atoms with Crippen LogP contribution in [0.4, 0.5) is 4.39 Å². The minimum atomic E-state index is -0.448. The smallest absolute Gasteiger partial charge is 0.254 e. The molecule has 150 valence electrons. The maximum Gasteiger partial charge on any atom is 0.254 e. The van der Waals surface area contributed by atoms with Gasteiger partial charge in [-0.2, -0.15) is 0 Å². The molecule has 1 aliphatic heterocycles. The number of carbonyl (C=O) groups excluding carboxylic acids is 1. The number of pyridine rings is 1. The molecular formula is C21H19FN2O5. The highest BCUT2D eigenvalue weighted by atomic mass is 19.1. The summed E-state index contributed by atoms with van der Waals surface area (Å²) in [4.78, 5) is 29.5. The Kier molecular flexibility index (Phi) is 5.18. The number of halogens is 1. The summed E-state index contributed by atoms with van der Waals surface area (Å²) in [6.07, 6.45) is 0. The van der Waals surface area contributed by atoms with Gasteiger partial charge in [0.1, 0.15) is 19.0 Å². The molecule has 0 saturated heterocycles. The first-order valence-electron chi connectivity index (χ1n) is 9.16. The maximum absolute atomic E-state index is 13.1. The van der Waals surface area contributed by atoms with E-state index < -0.39 is 11.7 Å². The third-order valence-electron chi connectivity index (χ3n) is 4.69. The third kappa shape index (κ3) is 3.93. The average Bonchev–Trinajstić information content (AvgIpc) is 2.72. The fourth-order valence-corrected chi connectivity index (χ4v) is 3.26. The van der Waals surface area contributed by atoms with E-state index in [1.165, 1.54) is 29.2 Å². The molecule has 0 fully saturated rings. The second-order valence-corrected chi connectivity index (χ2v) is 6.66. The Morgan fingerprint density at radius 2 is 1.79 bits per heavy atom. The molecule has 0 bridgehead atoms. The number of aromatic nitrogens is 1. The van der Waals surface area contributed by atoms with Crippen LogP contribution in [0.2, 0.25) is 0 Å². The summed E-state index contributed by atoms with van der Waals surface area (Å²) in [5, 5.41) is 10.1. The lowest BCUT2D eigenvalue weighted by Crippen LogP contribution is -2.35. The topological polar surface area (TPSA) is 91.9 Å². The predicted molar refractivity (Wildman–Crippen MR) is 104 cm³/mol. The molecule has 0 unspecified atom stereocenters. The molecule has 0 spiro atoms. The fourth-order valence-electron chi connectivity index (χ4n) is 3.26. The quantitative estimate of drug-likeness (QED) is 0.687. The summed E-state index contributed by atoms with van der Waals surface area (Å²) < 4.78 is 24.3. The van der Waals surface area contributed by atoms with Crippen molar-refractivity contribution in [2.45, 2.75) is 6.54 Å². The molecule has 0 aliphatic carbocycles. The average molecular weight is 398 g/mol. The molecule has 2 N–H and O–H groups in total. The number of aliphatic hydroxyl groups excluding tert-OH is 1. The van der Waals surface area contributed by atoms with Crippen molar-refractivity contribution in [1.82, 2.24) is 9.88 Å². The van der Waals surface area contributed by atoms with Crippen molar-refractivity contribution in [3.63, 3.8) is 0 Å². The monoisotopic (exact) mass is 398 g/mol. The Balaban J connectivity index is 1.66. The van der Waals surface area contributed by atoms with Gasteiger partial charge in [-0.15, -0.1) is 0 Å². The number of ether oxygens (including phenoxy) is 2. The zero-order chi connectivity index (χ0) is 20.4. The van der Waals surface area contributed by atoms with Crippen LogP contribution in [-0.2, 0) is 6.54 Å². The van der Waals surface area contributed by atoms with E-state index in [1.807, 2.05) is 0 Å². The van der Waals surface area contributed by atoms with Crippen LogP contribution in [0.1, 0.15) is 15.9 Å². The van der Waals surface area contributed by atoms with E-state index in [9.17, 15) is 19.1 Å². The van der Waals surface area contributed by atoms with E-state index in [0.717, 1.165) is 5.39 Å². The number of benzene rings is 2. The van der Waals surface area contributed by atoms with Gasteiger partial charge in [0.05, 0.1) is 18.7 Å². The summed E-state index contributed by atoms with van der Waals surface area (Å²) in [7, 11) is 0. The molecule has 1 aromatic heterocycles. The molecule has 3 aromatic rings. The van der Waals surface area contributed by atoms with Gasteiger partial charge >= 0.3 is 0 Å². The van der Waals surface area contributed by atoms with Gasteiger partial charge in [0, 0.05) is 29.1 Å². The second-order valence-electron chi connectivity index (χ2n) is 6.66. The minimum absolute atomic E-state index is 0.00349. The number of fused-ring (bicyclic) bond motifs is 2. The normalized spacial score (nSPS) is 12.8. The van der Waals surface area contributed by atoms with Crippen LogP contribution in [0.15, 0.2) is 47.3 Å². The number of amides is 1. The first kappa shape index (κ1) is 18.9. The maximum atomic E-state index is 13.1. The van der Waals surface area contributed by atoms with Gasteiger partial charge in [-0.25, -0.2) is 4.39 Å². The molecule has 0 saturated carbocycles. The van der Waals surface area contributed by atoms with Crippen LogP contribution in [0.5, 0.6) is 11.5 Å². The number of nitrogens with one attached hydrogen (secondary N) is 1. The summed E-state index contributed by atoms with van der Waals surface area (Å²) in [6.45, 7) is 0.663. The van der Waals surface area contributed by atoms with Gasteiger partial charge in [-0.05, 0) is 36.4 Å². The number of H-pyrrole nitrogens is 1. The molecule has 1 amide bonds. The van der Waals surface area contributed by atoms with E-state index in [0.29, 0.717) is 35.8 Å². The second kappa shape index (κ2) is 7.92. The molecule has 0 atom stereocenters. The first-order valence-corrected chi connectivity index (χ1v) is 9.16. The molecule has 8 heteroatoms. The Bertz CT molecular complexity index is 1110. The van der Waals surface area contributed by atoms with Crippen LogP contribution >= 0.6 is 0 Å².